The molecular formula is C11H15ClN2OS. The summed E-state index contributed by atoms with van der Waals surface area (Å²) in [5, 5.41) is 3.23. The fourth-order valence-corrected chi connectivity index (χ4v) is 3.57. The van der Waals surface area contributed by atoms with Crippen LogP contribution in [0.25, 0.3) is 0 Å². The van der Waals surface area contributed by atoms with Gasteiger partial charge < -0.3 is 4.74 Å². The minimum atomic E-state index is 0.464. The molecule has 3 rings (SSSR count). The minimum absolute atomic E-state index is 0.464. The molecule has 3 heterocycles. The number of thiazole rings is 1. The van der Waals surface area contributed by atoms with E-state index in [-0.39, 0.29) is 0 Å². The average molecular weight is 259 g/mol. The third-order valence-corrected chi connectivity index (χ3v) is 4.37. The van der Waals surface area contributed by atoms with Crippen LogP contribution >= 0.6 is 22.9 Å². The van der Waals surface area contributed by atoms with Gasteiger partial charge in [0.15, 0.2) is 0 Å². The smallest absolute Gasteiger partial charge is 0.107 e. The number of alkyl halides is 1. The highest BCUT2D eigenvalue weighted by Crippen LogP contribution is 2.27. The number of rotatable bonds is 3. The van der Waals surface area contributed by atoms with Crippen molar-refractivity contribution in [2.24, 2.45) is 0 Å². The molecule has 1 aromatic rings. The van der Waals surface area contributed by atoms with Crippen LogP contribution in [0.5, 0.6) is 0 Å². The maximum absolute atomic E-state index is 5.81. The van der Waals surface area contributed by atoms with Crippen molar-refractivity contribution in [2.45, 2.75) is 37.5 Å². The lowest BCUT2D eigenvalue weighted by Crippen LogP contribution is -2.41. The van der Waals surface area contributed by atoms with Gasteiger partial charge in [0.1, 0.15) is 5.01 Å². The molecule has 2 aliphatic rings. The van der Waals surface area contributed by atoms with Crippen molar-refractivity contribution >= 4 is 22.9 Å². The third-order valence-electron chi connectivity index (χ3n) is 3.21. The lowest BCUT2D eigenvalue weighted by Gasteiger charge is -2.31. The summed E-state index contributed by atoms with van der Waals surface area (Å²) in [4.78, 5) is 6.96. The topological polar surface area (TPSA) is 25.4 Å². The molecule has 3 nitrogen and oxygen atoms in total. The van der Waals surface area contributed by atoms with Crippen LogP contribution in [0.4, 0.5) is 0 Å². The first-order valence-corrected chi connectivity index (χ1v) is 7.12. The van der Waals surface area contributed by atoms with E-state index in [1.807, 2.05) is 0 Å². The van der Waals surface area contributed by atoms with Crippen molar-refractivity contribution in [1.82, 2.24) is 9.88 Å². The molecule has 0 amide bonds. The molecule has 0 saturated carbocycles. The van der Waals surface area contributed by atoms with Gasteiger partial charge in [-0.1, -0.05) is 0 Å². The first-order valence-electron chi connectivity index (χ1n) is 5.70. The van der Waals surface area contributed by atoms with Gasteiger partial charge in [0, 0.05) is 18.5 Å². The van der Waals surface area contributed by atoms with Crippen molar-refractivity contribution in [3.63, 3.8) is 0 Å². The number of fused-ring (bicyclic) bond motifs is 2. The Balaban J connectivity index is 1.62. The van der Waals surface area contributed by atoms with E-state index in [2.05, 4.69) is 15.3 Å². The Morgan fingerprint density at radius 1 is 1.44 bits per heavy atom. The van der Waals surface area contributed by atoms with Crippen molar-refractivity contribution in [1.29, 1.82) is 0 Å². The first-order chi connectivity index (χ1) is 7.83. The standard InChI is InChI=1S/C11H15ClN2OS/c12-3-8-7-16-11(13-8)6-14-4-9-1-2-10(5-14)15-9/h7,9-10H,1-6H2. The van der Waals surface area contributed by atoms with Gasteiger partial charge in [-0.15, -0.1) is 22.9 Å². The van der Waals surface area contributed by atoms with Gasteiger partial charge in [-0.3, -0.25) is 4.90 Å². The second-order valence-electron chi connectivity index (χ2n) is 4.52. The highest BCUT2D eigenvalue weighted by molar-refractivity contribution is 7.09. The maximum Gasteiger partial charge on any atom is 0.107 e. The molecule has 1 aromatic heterocycles. The van der Waals surface area contributed by atoms with E-state index < -0.39 is 0 Å². The SMILES string of the molecule is ClCc1csc(CN2CC3CCC(C2)O3)n1. The van der Waals surface area contributed by atoms with Crippen molar-refractivity contribution in [3.05, 3.63) is 16.1 Å². The van der Waals surface area contributed by atoms with E-state index in [0.29, 0.717) is 18.1 Å². The number of ether oxygens (including phenoxy) is 1. The van der Waals surface area contributed by atoms with E-state index in [1.165, 1.54) is 17.8 Å². The highest BCUT2D eigenvalue weighted by Gasteiger charge is 2.33. The summed E-state index contributed by atoms with van der Waals surface area (Å²) in [5.41, 5.74) is 0.998. The number of hydrogen-bond acceptors (Lipinski definition) is 4. The molecule has 0 radical (unpaired) electrons. The Morgan fingerprint density at radius 3 is 2.81 bits per heavy atom. The first kappa shape index (κ1) is 11.0. The molecule has 0 aliphatic carbocycles. The molecule has 2 saturated heterocycles. The summed E-state index contributed by atoms with van der Waals surface area (Å²) in [6, 6.07) is 0. The summed E-state index contributed by atoms with van der Waals surface area (Å²) in [5.74, 6) is 0.519. The Morgan fingerprint density at radius 2 is 2.19 bits per heavy atom. The molecule has 0 spiro atoms. The van der Waals surface area contributed by atoms with E-state index in [9.17, 15) is 0 Å². The number of morpholine rings is 1. The fourth-order valence-electron chi connectivity index (χ4n) is 2.50. The lowest BCUT2D eigenvalue weighted by molar-refractivity contribution is -0.0410. The zero-order chi connectivity index (χ0) is 11.0. The normalized spacial score (nSPS) is 29.8. The molecule has 2 atom stereocenters. The maximum atomic E-state index is 5.81. The summed E-state index contributed by atoms with van der Waals surface area (Å²) < 4.78 is 5.81. The summed E-state index contributed by atoms with van der Waals surface area (Å²) in [6.45, 7) is 3.08. The van der Waals surface area contributed by atoms with Crippen LogP contribution < -0.4 is 0 Å². The number of aromatic nitrogens is 1. The van der Waals surface area contributed by atoms with Crippen LogP contribution in [-0.4, -0.2) is 35.2 Å². The molecule has 2 aliphatic heterocycles. The Bertz CT molecular complexity index is 359. The van der Waals surface area contributed by atoms with Crippen LogP contribution in [0.3, 0.4) is 0 Å². The highest BCUT2D eigenvalue weighted by atomic mass is 35.5. The van der Waals surface area contributed by atoms with Crippen LogP contribution in [-0.2, 0) is 17.2 Å². The van der Waals surface area contributed by atoms with Crippen LogP contribution in [0.1, 0.15) is 23.5 Å². The Hall–Kier alpha value is -0.160. The van der Waals surface area contributed by atoms with E-state index in [4.69, 9.17) is 16.3 Å². The van der Waals surface area contributed by atoms with E-state index in [1.54, 1.807) is 11.3 Å². The minimum Gasteiger partial charge on any atom is -0.372 e. The van der Waals surface area contributed by atoms with Crippen LogP contribution in [0, 0.1) is 0 Å². The quantitative estimate of drug-likeness (QED) is 0.778. The van der Waals surface area contributed by atoms with Crippen molar-refractivity contribution < 1.29 is 4.74 Å². The summed E-state index contributed by atoms with van der Waals surface area (Å²) in [6.07, 6.45) is 3.38. The molecule has 0 aromatic carbocycles. The molecular weight excluding hydrogens is 244 g/mol. The van der Waals surface area contributed by atoms with Gasteiger partial charge in [-0.25, -0.2) is 4.98 Å². The lowest BCUT2D eigenvalue weighted by atomic mass is 10.2. The van der Waals surface area contributed by atoms with E-state index >= 15 is 0 Å². The third kappa shape index (κ3) is 2.25. The van der Waals surface area contributed by atoms with Crippen LogP contribution in [0.15, 0.2) is 5.38 Å². The van der Waals surface area contributed by atoms with Crippen molar-refractivity contribution in [3.8, 4) is 0 Å². The zero-order valence-electron chi connectivity index (χ0n) is 9.06. The number of likely N-dealkylation sites (tertiary alicyclic amines) is 1. The molecule has 16 heavy (non-hydrogen) atoms. The Labute approximate surface area is 104 Å². The van der Waals surface area contributed by atoms with Crippen LogP contribution in [0.2, 0.25) is 0 Å². The fraction of sp³-hybridized carbons (Fsp3) is 0.727. The number of hydrogen-bond donors (Lipinski definition) is 0. The monoisotopic (exact) mass is 258 g/mol. The molecule has 5 heteroatoms. The molecule has 2 bridgehead atoms. The predicted octanol–water partition coefficient (Wildman–Crippen LogP) is 2.25. The van der Waals surface area contributed by atoms with Gasteiger partial charge in [-0.2, -0.15) is 0 Å². The summed E-state index contributed by atoms with van der Waals surface area (Å²) >= 11 is 7.46. The van der Waals surface area contributed by atoms with Gasteiger partial charge in [0.2, 0.25) is 0 Å². The average Bonchev–Trinajstić information content (AvgIpc) is 2.86. The largest absolute Gasteiger partial charge is 0.372 e. The zero-order valence-corrected chi connectivity index (χ0v) is 10.6. The second-order valence-corrected chi connectivity index (χ2v) is 5.73. The van der Waals surface area contributed by atoms with E-state index in [0.717, 1.165) is 25.3 Å². The molecule has 0 N–H and O–H groups in total. The second kappa shape index (κ2) is 4.61. The van der Waals surface area contributed by atoms with Gasteiger partial charge in [0.25, 0.3) is 0 Å². The van der Waals surface area contributed by atoms with Crippen molar-refractivity contribution in [2.75, 3.05) is 13.1 Å². The molecule has 2 fully saturated rings. The number of nitrogens with zero attached hydrogens (tertiary/aromatic N) is 2. The Kier molecular flexibility index (Phi) is 3.16. The molecule has 2 unspecified atom stereocenters. The van der Waals surface area contributed by atoms with Gasteiger partial charge in [-0.05, 0) is 12.8 Å². The van der Waals surface area contributed by atoms with Gasteiger partial charge >= 0.3 is 0 Å². The number of halogens is 1. The summed E-state index contributed by atoms with van der Waals surface area (Å²) in [7, 11) is 0. The predicted molar refractivity (Wildman–Crippen MR) is 64.8 cm³/mol. The van der Waals surface area contributed by atoms with Gasteiger partial charge in [0.05, 0.1) is 30.3 Å². The molecule has 88 valence electrons.